The monoisotopic (exact) mass is 527 g/mol. The molecule has 1 aliphatic rings. The Labute approximate surface area is 220 Å². The molecule has 1 saturated heterocycles. The van der Waals surface area contributed by atoms with Gasteiger partial charge in [-0.3, -0.25) is 4.79 Å². The number of carbonyl (C=O) groups excluding carboxylic acids is 1. The molecule has 4 rings (SSSR count). The van der Waals surface area contributed by atoms with Gasteiger partial charge in [-0.05, 0) is 74.0 Å². The predicted octanol–water partition coefficient (Wildman–Crippen LogP) is 6.77. The molecule has 0 aromatic heterocycles. The molecule has 0 spiro atoms. The molecule has 0 saturated carbocycles. The summed E-state index contributed by atoms with van der Waals surface area (Å²) in [6.07, 6.45) is 0. The number of rotatable bonds is 5. The van der Waals surface area contributed by atoms with Crippen molar-refractivity contribution in [1.82, 2.24) is 4.90 Å². The third kappa shape index (κ3) is 5.67. The fraction of sp³-hybridized carbons (Fsp3) is 0.259. The molecule has 0 bridgehead atoms. The summed E-state index contributed by atoms with van der Waals surface area (Å²) in [5.41, 5.74) is 1.31. The SMILES string of the molecule is CC(C)(Oc1ccc(C#N)cc1)C(=O)N1CCN(c2ccc(Cl)cc2Cl)C(c2ccc(Cl)cc2)C1. The summed E-state index contributed by atoms with van der Waals surface area (Å²) in [5.74, 6) is 0.408. The van der Waals surface area contributed by atoms with Crippen LogP contribution in [0.5, 0.6) is 5.75 Å². The molecule has 35 heavy (non-hydrogen) atoms. The van der Waals surface area contributed by atoms with Crippen LogP contribution in [-0.2, 0) is 4.79 Å². The standard InChI is InChI=1S/C27H24Cl3N3O2/c1-27(2,35-22-10-3-18(16-31)4-11-22)26(34)32-13-14-33(24-12-9-21(29)15-23(24)30)25(17-32)19-5-7-20(28)8-6-19/h3-12,15,25H,13-14,17H2,1-2H3. The van der Waals surface area contributed by atoms with E-state index in [1.807, 2.05) is 41.3 Å². The highest BCUT2D eigenvalue weighted by atomic mass is 35.5. The van der Waals surface area contributed by atoms with Crippen LogP contribution in [0, 0.1) is 11.3 Å². The Kier molecular flexibility index (Phi) is 7.47. The Morgan fingerprint density at radius 2 is 1.63 bits per heavy atom. The van der Waals surface area contributed by atoms with Gasteiger partial charge in [0.1, 0.15) is 5.75 Å². The first-order valence-corrected chi connectivity index (χ1v) is 12.3. The third-order valence-corrected chi connectivity index (χ3v) is 6.80. The summed E-state index contributed by atoms with van der Waals surface area (Å²) >= 11 is 18.8. The lowest BCUT2D eigenvalue weighted by Crippen LogP contribution is -2.56. The quantitative estimate of drug-likeness (QED) is 0.367. The van der Waals surface area contributed by atoms with E-state index in [4.69, 9.17) is 44.8 Å². The molecular formula is C27H24Cl3N3O2. The van der Waals surface area contributed by atoms with Crippen molar-refractivity contribution in [3.8, 4) is 11.8 Å². The van der Waals surface area contributed by atoms with Gasteiger partial charge in [0.15, 0.2) is 5.60 Å². The van der Waals surface area contributed by atoms with E-state index in [2.05, 4.69) is 11.0 Å². The van der Waals surface area contributed by atoms with Crippen LogP contribution < -0.4 is 9.64 Å². The summed E-state index contributed by atoms with van der Waals surface area (Å²) in [4.78, 5) is 17.6. The van der Waals surface area contributed by atoms with Crippen LogP contribution in [0.1, 0.15) is 31.0 Å². The summed E-state index contributed by atoms with van der Waals surface area (Å²) in [6.45, 7) is 5.04. The van der Waals surface area contributed by atoms with Crippen molar-refractivity contribution >= 4 is 46.4 Å². The first-order chi connectivity index (χ1) is 16.7. The van der Waals surface area contributed by atoms with Gasteiger partial charge < -0.3 is 14.5 Å². The number of amides is 1. The van der Waals surface area contributed by atoms with Crippen molar-refractivity contribution in [2.24, 2.45) is 0 Å². The minimum absolute atomic E-state index is 0.123. The van der Waals surface area contributed by atoms with Gasteiger partial charge in [-0.25, -0.2) is 0 Å². The molecular weight excluding hydrogens is 505 g/mol. The Morgan fingerprint density at radius 1 is 0.971 bits per heavy atom. The number of halogens is 3. The Balaban J connectivity index is 1.59. The lowest BCUT2D eigenvalue weighted by atomic mass is 9.99. The normalized spacial score (nSPS) is 16.1. The number of anilines is 1. The van der Waals surface area contributed by atoms with Crippen LogP contribution in [0.25, 0.3) is 0 Å². The average Bonchev–Trinajstić information content (AvgIpc) is 2.84. The number of hydrogen-bond acceptors (Lipinski definition) is 4. The summed E-state index contributed by atoms with van der Waals surface area (Å²) in [5, 5.41) is 10.8. The van der Waals surface area contributed by atoms with Gasteiger partial charge in [0.2, 0.25) is 0 Å². The number of nitriles is 1. The zero-order valence-electron chi connectivity index (χ0n) is 19.3. The van der Waals surface area contributed by atoms with Crippen molar-refractivity contribution in [1.29, 1.82) is 5.26 Å². The van der Waals surface area contributed by atoms with E-state index >= 15 is 0 Å². The number of nitrogens with zero attached hydrogens (tertiary/aromatic N) is 3. The van der Waals surface area contributed by atoms with E-state index < -0.39 is 5.60 Å². The van der Waals surface area contributed by atoms with Crippen LogP contribution in [0.15, 0.2) is 66.7 Å². The maximum atomic E-state index is 13.6. The second kappa shape index (κ2) is 10.4. The van der Waals surface area contributed by atoms with Crippen LogP contribution in [0.3, 0.4) is 0 Å². The number of carbonyl (C=O) groups is 1. The second-order valence-electron chi connectivity index (χ2n) is 8.86. The van der Waals surface area contributed by atoms with Crippen molar-refractivity contribution in [3.05, 3.63) is 92.9 Å². The van der Waals surface area contributed by atoms with E-state index in [1.165, 1.54) is 0 Å². The molecule has 5 nitrogen and oxygen atoms in total. The van der Waals surface area contributed by atoms with Crippen LogP contribution in [0.2, 0.25) is 15.1 Å². The molecule has 0 N–H and O–H groups in total. The topological polar surface area (TPSA) is 56.6 Å². The highest BCUT2D eigenvalue weighted by Gasteiger charge is 2.39. The van der Waals surface area contributed by atoms with E-state index in [1.54, 1.807) is 44.2 Å². The Morgan fingerprint density at radius 3 is 2.26 bits per heavy atom. The molecule has 0 aliphatic carbocycles. The molecule has 1 heterocycles. The summed E-state index contributed by atoms with van der Waals surface area (Å²) < 4.78 is 6.05. The minimum Gasteiger partial charge on any atom is -0.478 e. The molecule has 1 unspecified atom stereocenters. The average molecular weight is 529 g/mol. The molecule has 0 radical (unpaired) electrons. The summed E-state index contributed by atoms with van der Waals surface area (Å²) in [7, 11) is 0. The molecule has 8 heteroatoms. The smallest absolute Gasteiger partial charge is 0.266 e. The first-order valence-electron chi connectivity index (χ1n) is 11.1. The van der Waals surface area contributed by atoms with Crippen LogP contribution in [-0.4, -0.2) is 36.0 Å². The van der Waals surface area contributed by atoms with E-state index in [9.17, 15) is 4.79 Å². The van der Waals surface area contributed by atoms with Crippen LogP contribution in [0.4, 0.5) is 5.69 Å². The van der Waals surface area contributed by atoms with Gasteiger partial charge >= 0.3 is 0 Å². The van der Waals surface area contributed by atoms with Crippen molar-refractivity contribution in [2.75, 3.05) is 24.5 Å². The Hall–Kier alpha value is -2.91. The van der Waals surface area contributed by atoms with E-state index in [-0.39, 0.29) is 11.9 Å². The molecule has 1 amide bonds. The third-order valence-electron chi connectivity index (χ3n) is 6.01. The highest BCUT2D eigenvalue weighted by Crippen LogP contribution is 2.37. The van der Waals surface area contributed by atoms with Crippen molar-refractivity contribution in [2.45, 2.75) is 25.5 Å². The molecule has 3 aromatic rings. The van der Waals surface area contributed by atoms with Crippen molar-refractivity contribution in [3.63, 3.8) is 0 Å². The summed E-state index contributed by atoms with van der Waals surface area (Å²) in [6, 6.07) is 21.7. The number of ether oxygens (including phenoxy) is 1. The number of piperazine rings is 1. The highest BCUT2D eigenvalue weighted by molar-refractivity contribution is 6.36. The second-order valence-corrected chi connectivity index (χ2v) is 10.1. The zero-order chi connectivity index (χ0) is 25.2. The van der Waals surface area contributed by atoms with Gasteiger partial charge in [-0.15, -0.1) is 0 Å². The number of benzene rings is 3. The maximum absolute atomic E-state index is 13.6. The fourth-order valence-electron chi connectivity index (χ4n) is 4.26. The van der Waals surface area contributed by atoms with E-state index in [0.29, 0.717) is 46.0 Å². The molecule has 1 atom stereocenters. The van der Waals surface area contributed by atoms with Gasteiger partial charge in [-0.1, -0.05) is 46.9 Å². The largest absolute Gasteiger partial charge is 0.478 e. The van der Waals surface area contributed by atoms with E-state index in [0.717, 1.165) is 11.3 Å². The van der Waals surface area contributed by atoms with Gasteiger partial charge in [-0.2, -0.15) is 5.26 Å². The lowest BCUT2D eigenvalue weighted by molar-refractivity contribution is -0.146. The molecule has 180 valence electrons. The van der Waals surface area contributed by atoms with Gasteiger partial charge in [0, 0.05) is 29.7 Å². The minimum atomic E-state index is -1.10. The molecule has 1 aliphatic heterocycles. The lowest BCUT2D eigenvalue weighted by Gasteiger charge is -2.45. The molecule has 1 fully saturated rings. The van der Waals surface area contributed by atoms with Crippen molar-refractivity contribution < 1.29 is 9.53 Å². The van der Waals surface area contributed by atoms with Crippen LogP contribution >= 0.6 is 34.8 Å². The predicted molar refractivity (Wildman–Crippen MR) is 140 cm³/mol. The fourth-order valence-corrected chi connectivity index (χ4v) is 4.90. The maximum Gasteiger partial charge on any atom is 0.266 e. The number of hydrogen-bond donors (Lipinski definition) is 0. The van der Waals surface area contributed by atoms with Gasteiger partial charge in [0.05, 0.1) is 28.4 Å². The Bertz CT molecular complexity index is 1250. The molecule has 3 aromatic carbocycles. The zero-order valence-corrected chi connectivity index (χ0v) is 21.6. The first kappa shape index (κ1) is 25.2. The van der Waals surface area contributed by atoms with Gasteiger partial charge in [0.25, 0.3) is 5.91 Å².